The largest absolute Gasteiger partial charge is 0.496 e. The van der Waals surface area contributed by atoms with E-state index < -0.39 is 5.82 Å². The number of benzene rings is 2. The van der Waals surface area contributed by atoms with Crippen molar-refractivity contribution in [2.24, 2.45) is 0 Å². The average molecular weight is 402 g/mol. The Morgan fingerprint density at radius 3 is 2.57 bits per heavy atom. The third-order valence-corrected chi connectivity index (χ3v) is 5.10. The van der Waals surface area contributed by atoms with E-state index in [0.29, 0.717) is 11.4 Å². The van der Waals surface area contributed by atoms with Crippen LogP contribution in [0.3, 0.4) is 0 Å². The molecule has 1 amide bonds. The number of amides is 1. The average Bonchev–Trinajstić information content (AvgIpc) is 2.93. The van der Waals surface area contributed by atoms with Crippen LogP contribution in [0.25, 0.3) is 16.5 Å². The van der Waals surface area contributed by atoms with E-state index in [-0.39, 0.29) is 10.9 Å². The predicted molar refractivity (Wildman–Crippen MR) is 111 cm³/mol. The molecule has 1 aromatic heterocycles. The molecule has 0 spiro atoms. The lowest BCUT2D eigenvalue weighted by Gasteiger charge is -2.13. The second kappa shape index (κ2) is 7.68. The zero-order valence-electron chi connectivity index (χ0n) is 16.4. The van der Waals surface area contributed by atoms with Crippen molar-refractivity contribution in [3.05, 3.63) is 63.6 Å². The Morgan fingerprint density at radius 1 is 1.21 bits per heavy atom. The summed E-state index contributed by atoms with van der Waals surface area (Å²) in [5.74, 6) is 0.628. The summed E-state index contributed by atoms with van der Waals surface area (Å²) < 4.78 is 24.7. The molecule has 3 rings (SSSR count). The summed E-state index contributed by atoms with van der Waals surface area (Å²) in [7, 11) is 1.59. The van der Waals surface area contributed by atoms with Gasteiger partial charge in [-0.25, -0.2) is 4.39 Å². The van der Waals surface area contributed by atoms with Crippen LogP contribution in [0.4, 0.5) is 10.1 Å². The second-order valence-corrected chi connectivity index (χ2v) is 7.09. The topological polar surface area (TPSA) is 51.5 Å². The summed E-state index contributed by atoms with van der Waals surface area (Å²) in [6.07, 6.45) is 1.47. The SMILES string of the molecule is COc1c(/C(C)=C/C(=O)Nc2ccc(F)c(Cl)c2)cc2c(C)c(C)oc2c1C. The van der Waals surface area contributed by atoms with Crippen LogP contribution in [0, 0.1) is 26.6 Å². The molecule has 146 valence electrons. The van der Waals surface area contributed by atoms with Gasteiger partial charge < -0.3 is 14.5 Å². The van der Waals surface area contributed by atoms with Crippen LogP contribution >= 0.6 is 11.6 Å². The lowest BCUT2D eigenvalue weighted by atomic mass is 9.98. The molecule has 0 aliphatic heterocycles. The number of rotatable bonds is 4. The first-order valence-corrected chi connectivity index (χ1v) is 9.12. The zero-order chi connectivity index (χ0) is 20.6. The molecule has 1 heterocycles. The zero-order valence-corrected chi connectivity index (χ0v) is 17.1. The summed E-state index contributed by atoms with van der Waals surface area (Å²) in [6.45, 7) is 7.69. The maximum Gasteiger partial charge on any atom is 0.248 e. The van der Waals surface area contributed by atoms with Crippen molar-refractivity contribution >= 4 is 39.7 Å². The highest BCUT2D eigenvalue weighted by Crippen LogP contribution is 2.38. The summed E-state index contributed by atoms with van der Waals surface area (Å²) in [6, 6.07) is 6.00. The maximum atomic E-state index is 13.3. The number of fused-ring (bicyclic) bond motifs is 1. The Balaban J connectivity index is 1.99. The van der Waals surface area contributed by atoms with Gasteiger partial charge in [0, 0.05) is 28.3 Å². The van der Waals surface area contributed by atoms with Crippen LogP contribution in [0.2, 0.25) is 5.02 Å². The number of carbonyl (C=O) groups is 1. The van der Waals surface area contributed by atoms with Crippen LogP contribution in [0.15, 0.2) is 34.8 Å². The Kier molecular flexibility index (Phi) is 5.47. The predicted octanol–water partition coefficient (Wildman–Crippen LogP) is 6.20. The number of hydrogen-bond donors (Lipinski definition) is 1. The minimum absolute atomic E-state index is 0.0490. The smallest absolute Gasteiger partial charge is 0.248 e. The summed E-state index contributed by atoms with van der Waals surface area (Å²) in [5, 5.41) is 3.63. The molecule has 0 saturated heterocycles. The molecule has 0 atom stereocenters. The highest BCUT2D eigenvalue weighted by atomic mass is 35.5. The van der Waals surface area contributed by atoms with Gasteiger partial charge in [-0.2, -0.15) is 0 Å². The first kappa shape index (κ1) is 20.0. The van der Waals surface area contributed by atoms with E-state index in [1.807, 2.05) is 33.8 Å². The molecule has 2 aromatic carbocycles. The molecule has 6 heteroatoms. The molecule has 0 radical (unpaired) electrons. The fourth-order valence-electron chi connectivity index (χ4n) is 3.19. The normalized spacial score (nSPS) is 11.8. The van der Waals surface area contributed by atoms with E-state index in [4.69, 9.17) is 20.8 Å². The van der Waals surface area contributed by atoms with Crippen molar-refractivity contribution in [3.63, 3.8) is 0 Å². The number of nitrogens with one attached hydrogen (secondary N) is 1. The van der Waals surface area contributed by atoms with E-state index in [2.05, 4.69) is 5.32 Å². The van der Waals surface area contributed by atoms with Gasteiger partial charge in [0.1, 0.15) is 22.9 Å². The van der Waals surface area contributed by atoms with E-state index in [1.54, 1.807) is 7.11 Å². The van der Waals surface area contributed by atoms with Gasteiger partial charge in [0.25, 0.3) is 0 Å². The molecule has 1 N–H and O–H groups in total. The molecular formula is C22H21ClFNO3. The summed E-state index contributed by atoms with van der Waals surface area (Å²) >= 11 is 5.76. The Hall–Kier alpha value is -2.79. The second-order valence-electron chi connectivity index (χ2n) is 6.69. The van der Waals surface area contributed by atoms with Crippen LogP contribution in [-0.2, 0) is 4.79 Å². The van der Waals surface area contributed by atoms with Crippen molar-refractivity contribution < 1.29 is 18.3 Å². The number of ether oxygens (including phenoxy) is 1. The molecule has 0 aliphatic rings. The quantitative estimate of drug-likeness (QED) is 0.529. The fourth-order valence-corrected chi connectivity index (χ4v) is 3.38. The number of carbonyl (C=O) groups excluding carboxylic acids is 1. The van der Waals surface area contributed by atoms with Crippen LogP contribution < -0.4 is 10.1 Å². The lowest BCUT2D eigenvalue weighted by molar-refractivity contribution is -0.111. The fraction of sp³-hybridized carbons (Fsp3) is 0.227. The third-order valence-electron chi connectivity index (χ3n) is 4.81. The minimum atomic E-state index is -0.536. The van der Waals surface area contributed by atoms with Gasteiger partial charge in [-0.1, -0.05) is 11.6 Å². The Bertz CT molecular complexity index is 1110. The van der Waals surface area contributed by atoms with E-state index in [9.17, 15) is 9.18 Å². The Morgan fingerprint density at radius 2 is 1.93 bits per heavy atom. The van der Waals surface area contributed by atoms with Crippen molar-refractivity contribution in [2.75, 3.05) is 12.4 Å². The molecule has 0 aliphatic carbocycles. The number of methoxy groups -OCH3 is 1. The molecular weight excluding hydrogens is 381 g/mol. The van der Waals surface area contributed by atoms with E-state index in [1.165, 1.54) is 24.3 Å². The highest BCUT2D eigenvalue weighted by Gasteiger charge is 2.18. The van der Waals surface area contributed by atoms with Crippen LogP contribution in [0.1, 0.15) is 29.4 Å². The monoisotopic (exact) mass is 401 g/mol. The van der Waals surface area contributed by atoms with Crippen molar-refractivity contribution in [3.8, 4) is 5.75 Å². The van der Waals surface area contributed by atoms with E-state index >= 15 is 0 Å². The minimum Gasteiger partial charge on any atom is -0.496 e. The van der Waals surface area contributed by atoms with Crippen LogP contribution in [0.5, 0.6) is 5.75 Å². The van der Waals surface area contributed by atoms with Crippen molar-refractivity contribution in [1.29, 1.82) is 0 Å². The number of furan rings is 1. The van der Waals surface area contributed by atoms with E-state index in [0.717, 1.165) is 39.0 Å². The molecule has 4 nitrogen and oxygen atoms in total. The lowest BCUT2D eigenvalue weighted by Crippen LogP contribution is -2.09. The number of allylic oxidation sites excluding steroid dienone is 1. The van der Waals surface area contributed by atoms with Gasteiger partial charge in [0.15, 0.2) is 0 Å². The molecule has 3 aromatic rings. The third kappa shape index (κ3) is 3.62. The van der Waals surface area contributed by atoms with Gasteiger partial charge in [-0.05, 0) is 63.1 Å². The summed E-state index contributed by atoms with van der Waals surface area (Å²) in [5.41, 5.74) is 4.67. The van der Waals surface area contributed by atoms with Crippen molar-refractivity contribution in [1.82, 2.24) is 0 Å². The first-order valence-electron chi connectivity index (χ1n) is 8.75. The summed E-state index contributed by atoms with van der Waals surface area (Å²) in [4.78, 5) is 12.4. The molecule has 0 fully saturated rings. The van der Waals surface area contributed by atoms with Gasteiger partial charge in [0.05, 0.1) is 12.1 Å². The number of aryl methyl sites for hydroxylation is 3. The first-order chi connectivity index (χ1) is 13.2. The molecule has 0 unspecified atom stereocenters. The highest BCUT2D eigenvalue weighted by molar-refractivity contribution is 6.31. The van der Waals surface area contributed by atoms with Crippen LogP contribution in [-0.4, -0.2) is 13.0 Å². The Labute approximate surface area is 167 Å². The van der Waals surface area contributed by atoms with Gasteiger partial charge >= 0.3 is 0 Å². The van der Waals surface area contributed by atoms with Gasteiger partial charge in [-0.15, -0.1) is 0 Å². The van der Waals surface area contributed by atoms with Gasteiger partial charge in [0.2, 0.25) is 5.91 Å². The maximum absolute atomic E-state index is 13.3. The number of anilines is 1. The number of hydrogen-bond acceptors (Lipinski definition) is 3. The van der Waals surface area contributed by atoms with Crippen molar-refractivity contribution in [2.45, 2.75) is 27.7 Å². The molecule has 28 heavy (non-hydrogen) atoms. The molecule has 0 saturated carbocycles. The standard InChI is InChI=1S/C22H21ClFNO3/c1-11(8-20(26)25-15-6-7-19(24)18(23)9-15)16-10-17-12(2)14(4)28-22(17)13(3)21(16)27-5/h6-10H,1-5H3,(H,25,26)/b11-8+. The van der Waals surface area contributed by atoms with Gasteiger partial charge in [-0.3, -0.25) is 4.79 Å². The number of halogens is 2. The molecule has 0 bridgehead atoms.